The van der Waals surface area contributed by atoms with Crippen molar-refractivity contribution in [3.8, 4) is 11.5 Å². The highest BCUT2D eigenvalue weighted by molar-refractivity contribution is 5.91. The van der Waals surface area contributed by atoms with Gasteiger partial charge >= 0.3 is 0 Å². The summed E-state index contributed by atoms with van der Waals surface area (Å²) in [4.78, 5) is 23.7. The van der Waals surface area contributed by atoms with E-state index in [9.17, 15) is 19.8 Å². The summed E-state index contributed by atoms with van der Waals surface area (Å²) in [5.74, 6) is -0.802. The van der Waals surface area contributed by atoms with Crippen LogP contribution in [0.15, 0.2) is 97.2 Å². The minimum atomic E-state index is -0.246. The second kappa shape index (κ2) is 23.1. The van der Waals surface area contributed by atoms with E-state index in [-0.39, 0.29) is 23.3 Å². The van der Waals surface area contributed by atoms with E-state index in [0.717, 1.165) is 44.9 Å². The van der Waals surface area contributed by atoms with Crippen LogP contribution in [-0.4, -0.2) is 35.1 Å². The van der Waals surface area contributed by atoms with Crippen LogP contribution in [0.2, 0.25) is 0 Å². The number of nitrogens with one attached hydrogen (secondary N) is 2. The van der Waals surface area contributed by atoms with E-state index in [1.807, 2.05) is 12.2 Å². The number of phenolic OH excluding ortho intramolecular Hbond substituents is 2. The predicted octanol–water partition coefficient (Wildman–Crippen LogP) is 6.82. The lowest BCUT2D eigenvalue weighted by Crippen LogP contribution is -2.25. The lowest BCUT2D eigenvalue weighted by atomic mass is 10.2. The number of allylic oxidation sites excluding steroid dienone is 11. The molecular formula is C33H44N2O4. The smallest absolute Gasteiger partial charge is 0.243 e. The van der Waals surface area contributed by atoms with Crippen molar-refractivity contribution in [3.63, 3.8) is 0 Å². The van der Waals surface area contributed by atoms with Gasteiger partial charge in [0.2, 0.25) is 11.8 Å². The van der Waals surface area contributed by atoms with Gasteiger partial charge in [0.05, 0.1) is 0 Å². The monoisotopic (exact) mass is 532 g/mol. The topological polar surface area (TPSA) is 98.7 Å². The molecule has 0 saturated carbocycles. The molecule has 0 fully saturated rings. The lowest BCUT2D eigenvalue weighted by Gasteiger charge is -2.04. The van der Waals surface area contributed by atoms with E-state index < -0.39 is 0 Å². The summed E-state index contributed by atoms with van der Waals surface area (Å²) in [5, 5.41) is 24.4. The van der Waals surface area contributed by atoms with E-state index >= 15 is 0 Å². The molecule has 6 heteroatoms. The highest BCUT2D eigenvalue weighted by atomic mass is 16.3. The van der Waals surface area contributed by atoms with Crippen molar-refractivity contribution in [2.45, 2.75) is 58.3 Å². The normalized spacial score (nSPS) is 12.4. The molecule has 0 saturated heterocycles. The van der Waals surface area contributed by atoms with Gasteiger partial charge in [-0.05, 0) is 81.2 Å². The van der Waals surface area contributed by atoms with Crippen molar-refractivity contribution < 1.29 is 19.8 Å². The van der Waals surface area contributed by atoms with Gasteiger partial charge in [0.1, 0.15) is 0 Å². The van der Waals surface area contributed by atoms with Crippen molar-refractivity contribution in [3.05, 3.63) is 103 Å². The molecule has 0 bridgehead atoms. The number of carbonyl (C=O) groups excluding carboxylic acids is 2. The van der Waals surface area contributed by atoms with Crippen molar-refractivity contribution in [1.29, 1.82) is 0 Å². The summed E-state index contributed by atoms with van der Waals surface area (Å²) in [5.41, 5.74) is 0.609. The third kappa shape index (κ3) is 19.7. The maximum absolute atomic E-state index is 11.9. The first-order chi connectivity index (χ1) is 19.0. The summed E-state index contributed by atoms with van der Waals surface area (Å²) in [7, 11) is 0. The standard InChI is InChI=1S/C33H44N2O4/c1-2-3-4-5-6-7-8-9-10-11-12-13-14-15-16-17-18-21-32(38)34-26-19-20-27-35-33(39)25-23-29-22-24-30(36)31(37)28-29/h3-4,6-7,9-10,12-13,15-16,18,21-25,28,36-37H,2,5,8,11,14,17,19-20,26-27H2,1H3,(H,34,38)(H,35,39)/b4-3+,7-6-,10-9-,13-12-,16-15-,21-18-,25-23+. The van der Waals surface area contributed by atoms with Crippen LogP contribution < -0.4 is 10.6 Å². The molecule has 4 N–H and O–H groups in total. The summed E-state index contributed by atoms with van der Waals surface area (Å²) in [6.07, 6.45) is 35.0. The van der Waals surface area contributed by atoms with Crippen LogP contribution in [0.1, 0.15) is 63.9 Å². The van der Waals surface area contributed by atoms with Crippen molar-refractivity contribution in [2.75, 3.05) is 13.1 Å². The molecule has 0 aliphatic heterocycles. The van der Waals surface area contributed by atoms with Crippen LogP contribution in [0.4, 0.5) is 0 Å². The molecule has 210 valence electrons. The first kappa shape index (κ1) is 33.0. The SMILES string of the molecule is CC/C=C/C/C=C\C/C=C\C/C=C\C/C=C\C/C=C\C(=O)NCCCCNC(=O)/C=C/c1ccc(O)c(O)c1. The fourth-order valence-corrected chi connectivity index (χ4v) is 3.21. The lowest BCUT2D eigenvalue weighted by molar-refractivity contribution is -0.117. The highest BCUT2D eigenvalue weighted by Gasteiger charge is 2.00. The van der Waals surface area contributed by atoms with Gasteiger partial charge in [0.15, 0.2) is 11.5 Å². The number of carbonyl (C=O) groups is 2. The minimum Gasteiger partial charge on any atom is -0.504 e. The first-order valence-corrected chi connectivity index (χ1v) is 13.7. The van der Waals surface area contributed by atoms with Crippen LogP contribution in [0.3, 0.4) is 0 Å². The van der Waals surface area contributed by atoms with Crippen molar-refractivity contribution >= 4 is 17.9 Å². The average Bonchev–Trinajstić information content (AvgIpc) is 2.93. The Morgan fingerprint density at radius 3 is 1.59 bits per heavy atom. The molecule has 0 atom stereocenters. The summed E-state index contributed by atoms with van der Waals surface area (Å²) in [6.45, 7) is 3.19. The zero-order valence-electron chi connectivity index (χ0n) is 23.1. The van der Waals surface area contributed by atoms with Gasteiger partial charge < -0.3 is 20.8 Å². The van der Waals surface area contributed by atoms with Gasteiger partial charge in [-0.1, -0.05) is 79.8 Å². The Hall–Kier alpha value is -4.06. The van der Waals surface area contributed by atoms with E-state index in [0.29, 0.717) is 25.1 Å². The molecule has 0 spiro atoms. The predicted molar refractivity (Wildman–Crippen MR) is 162 cm³/mol. The Labute approximate surface area is 233 Å². The first-order valence-electron chi connectivity index (χ1n) is 13.7. The number of hydrogen-bond donors (Lipinski definition) is 4. The number of aromatic hydroxyl groups is 2. The van der Waals surface area contributed by atoms with Crippen molar-refractivity contribution in [2.24, 2.45) is 0 Å². The van der Waals surface area contributed by atoms with E-state index in [2.05, 4.69) is 72.2 Å². The molecule has 1 rings (SSSR count). The van der Waals surface area contributed by atoms with Crippen molar-refractivity contribution in [1.82, 2.24) is 10.6 Å². The highest BCUT2D eigenvalue weighted by Crippen LogP contribution is 2.25. The van der Waals surface area contributed by atoms with E-state index in [1.165, 1.54) is 18.2 Å². The molecule has 0 aliphatic rings. The third-order valence-electron chi connectivity index (χ3n) is 5.33. The number of amides is 2. The molecule has 1 aromatic rings. The number of benzene rings is 1. The van der Waals surface area contributed by atoms with Crippen LogP contribution in [-0.2, 0) is 9.59 Å². The van der Waals surface area contributed by atoms with Gasteiger partial charge in [-0.3, -0.25) is 9.59 Å². The summed E-state index contributed by atoms with van der Waals surface area (Å²) < 4.78 is 0. The molecule has 39 heavy (non-hydrogen) atoms. The number of phenols is 2. The molecule has 2 amide bonds. The second-order valence-corrected chi connectivity index (χ2v) is 8.72. The van der Waals surface area contributed by atoms with Crippen LogP contribution in [0.5, 0.6) is 11.5 Å². The van der Waals surface area contributed by atoms with Crippen LogP contribution in [0, 0.1) is 0 Å². The Bertz CT molecular complexity index is 1050. The van der Waals surface area contributed by atoms with Gasteiger partial charge in [-0.2, -0.15) is 0 Å². The number of unbranched alkanes of at least 4 members (excludes halogenated alkanes) is 1. The third-order valence-corrected chi connectivity index (χ3v) is 5.33. The molecule has 1 aromatic carbocycles. The average molecular weight is 533 g/mol. The Kier molecular flexibility index (Phi) is 19.5. The molecule has 0 radical (unpaired) electrons. The summed E-state index contributed by atoms with van der Waals surface area (Å²) in [6, 6.07) is 4.33. The number of hydrogen-bond acceptors (Lipinski definition) is 4. The maximum atomic E-state index is 11.9. The second-order valence-electron chi connectivity index (χ2n) is 8.72. The molecular weight excluding hydrogens is 488 g/mol. The largest absolute Gasteiger partial charge is 0.504 e. The van der Waals surface area contributed by atoms with E-state index in [4.69, 9.17) is 0 Å². The fourth-order valence-electron chi connectivity index (χ4n) is 3.21. The molecule has 6 nitrogen and oxygen atoms in total. The van der Waals surface area contributed by atoms with Gasteiger partial charge in [-0.15, -0.1) is 0 Å². The fraction of sp³-hybridized carbons (Fsp3) is 0.333. The minimum absolute atomic E-state index is 0.119. The van der Waals surface area contributed by atoms with Gasteiger partial charge in [0.25, 0.3) is 0 Å². The molecule has 0 aliphatic carbocycles. The molecule has 0 unspecified atom stereocenters. The van der Waals surface area contributed by atoms with Gasteiger partial charge in [0, 0.05) is 19.2 Å². The van der Waals surface area contributed by atoms with Crippen LogP contribution in [0.25, 0.3) is 6.08 Å². The molecule has 0 heterocycles. The van der Waals surface area contributed by atoms with Gasteiger partial charge in [-0.25, -0.2) is 0 Å². The number of rotatable bonds is 19. The van der Waals surface area contributed by atoms with E-state index in [1.54, 1.807) is 18.2 Å². The maximum Gasteiger partial charge on any atom is 0.243 e. The Balaban J connectivity index is 2.01. The van der Waals surface area contributed by atoms with Crippen LogP contribution >= 0.6 is 0 Å². The molecule has 0 aromatic heterocycles. The zero-order valence-corrected chi connectivity index (χ0v) is 23.1. The quantitative estimate of drug-likeness (QED) is 0.0680. The zero-order chi connectivity index (χ0) is 28.4. The Morgan fingerprint density at radius 1 is 0.641 bits per heavy atom. The Morgan fingerprint density at radius 2 is 1.10 bits per heavy atom. The summed E-state index contributed by atoms with van der Waals surface area (Å²) >= 11 is 0.